The van der Waals surface area contributed by atoms with Gasteiger partial charge in [0.05, 0.1) is 12.1 Å². The summed E-state index contributed by atoms with van der Waals surface area (Å²) in [5.74, 6) is 0.521. The van der Waals surface area contributed by atoms with E-state index in [-0.39, 0.29) is 11.9 Å². The number of amides is 1. The number of nitrogens with two attached hydrogens (primary N) is 1. The van der Waals surface area contributed by atoms with Gasteiger partial charge in [0.25, 0.3) is 0 Å². The summed E-state index contributed by atoms with van der Waals surface area (Å²) >= 11 is 0. The summed E-state index contributed by atoms with van der Waals surface area (Å²) in [4.78, 5) is 11.8. The number of benzene rings is 1. The Morgan fingerprint density at radius 2 is 2.26 bits per heavy atom. The molecule has 1 heterocycles. The van der Waals surface area contributed by atoms with Crippen molar-refractivity contribution in [2.75, 3.05) is 0 Å². The van der Waals surface area contributed by atoms with Gasteiger partial charge in [0.15, 0.2) is 0 Å². The molecule has 0 aliphatic rings. The molecule has 1 aromatic carbocycles. The van der Waals surface area contributed by atoms with E-state index in [9.17, 15) is 4.79 Å². The molecule has 0 saturated heterocycles. The maximum Gasteiger partial charge on any atom is 0.237 e. The number of fused-ring (bicyclic) bond motifs is 1. The number of carbonyl (C=O) groups excluding carboxylic acids is 1. The van der Waals surface area contributed by atoms with Crippen LogP contribution in [0.15, 0.2) is 47.4 Å². The Kier molecular flexibility index (Phi) is 4.02. The molecule has 0 aliphatic heterocycles. The van der Waals surface area contributed by atoms with Crippen LogP contribution in [0.2, 0.25) is 0 Å². The van der Waals surface area contributed by atoms with Crippen molar-refractivity contribution in [2.24, 2.45) is 5.73 Å². The molecule has 2 aromatic rings. The number of rotatable bonds is 5. The first-order valence-electron chi connectivity index (χ1n) is 6.27. The SMILES string of the molecule is C=CCC(N)C(=O)NC(C)c1cc2ccccc2o1. The average molecular weight is 258 g/mol. The van der Waals surface area contributed by atoms with Crippen molar-refractivity contribution in [1.82, 2.24) is 5.32 Å². The summed E-state index contributed by atoms with van der Waals surface area (Å²) in [5, 5.41) is 3.86. The number of furan rings is 1. The van der Waals surface area contributed by atoms with E-state index in [0.29, 0.717) is 6.42 Å². The Morgan fingerprint density at radius 1 is 1.53 bits per heavy atom. The first-order valence-corrected chi connectivity index (χ1v) is 6.27. The molecule has 100 valence electrons. The molecular formula is C15H18N2O2. The highest BCUT2D eigenvalue weighted by atomic mass is 16.3. The van der Waals surface area contributed by atoms with Gasteiger partial charge >= 0.3 is 0 Å². The van der Waals surface area contributed by atoms with Crippen molar-refractivity contribution in [1.29, 1.82) is 0 Å². The molecule has 0 saturated carbocycles. The minimum absolute atomic E-state index is 0.201. The molecule has 0 radical (unpaired) electrons. The topological polar surface area (TPSA) is 68.3 Å². The Balaban J connectivity index is 2.09. The molecule has 0 aliphatic carbocycles. The zero-order chi connectivity index (χ0) is 13.8. The van der Waals surface area contributed by atoms with Crippen molar-refractivity contribution >= 4 is 16.9 Å². The molecule has 2 unspecified atom stereocenters. The third-order valence-electron chi connectivity index (χ3n) is 2.99. The molecule has 0 spiro atoms. The fraction of sp³-hybridized carbons (Fsp3) is 0.267. The van der Waals surface area contributed by atoms with Crippen LogP contribution in [0.4, 0.5) is 0 Å². The Bertz CT molecular complexity index is 556. The molecule has 0 fully saturated rings. The van der Waals surface area contributed by atoms with E-state index in [2.05, 4.69) is 11.9 Å². The van der Waals surface area contributed by atoms with Crippen molar-refractivity contribution < 1.29 is 9.21 Å². The average Bonchev–Trinajstić information content (AvgIpc) is 2.82. The van der Waals surface area contributed by atoms with E-state index in [1.807, 2.05) is 37.3 Å². The molecule has 3 N–H and O–H groups in total. The van der Waals surface area contributed by atoms with Crippen LogP contribution in [0.5, 0.6) is 0 Å². The van der Waals surface area contributed by atoms with Crippen LogP contribution in [-0.2, 0) is 4.79 Å². The van der Waals surface area contributed by atoms with Gasteiger partial charge in [0.2, 0.25) is 5.91 Å². The van der Waals surface area contributed by atoms with Gasteiger partial charge in [0, 0.05) is 5.39 Å². The Hall–Kier alpha value is -2.07. The lowest BCUT2D eigenvalue weighted by Gasteiger charge is -2.14. The molecule has 4 nitrogen and oxygen atoms in total. The molecule has 4 heteroatoms. The largest absolute Gasteiger partial charge is 0.459 e. The highest BCUT2D eigenvalue weighted by molar-refractivity contribution is 5.82. The first kappa shape index (κ1) is 13.4. The van der Waals surface area contributed by atoms with E-state index in [0.717, 1.165) is 16.7 Å². The standard InChI is InChI=1S/C15H18N2O2/c1-3-6-12(16)15(18)17-10(2)14-9-11-7-4-5-8-13(11)19-14/h3-5,7-10,12H,1,6,16H2,2H3,(H,17,18). The van der Waals surface area contributed by atoms with E-state index in [4.69, 9.17) is 10.2 Å². The first-order chi connectivity index (χ1) is 9.11. The summed E-state index contributed by atoms with van der Waals surface area (Å²) in [6.07, 6.45) is 2.09. The van der Waals surface area contributed by atoms with Gasteiger partial charge in [-0.3, -0.25) is 4.79 Å². The molecule has 1 aromatic heterocycles. The smallest absolute Gasteiger partial charge is 0.237 e. The molecule has 19 heavy (non-hydrogen) atoms. The van der Waals surface area contributed by atoms with E-state index in [1.54, 1.807) is 6.08 Å². The van der Waals surface area contributed by atoms with E-state index < -0.39 is 6.04 Å². The normalized spacial score (nSPS) is 14.0. The number of nitrogens with one attached hydrogen (secondary N) is 1. The van der Waals surface area contributed by atoms with Gasteiger partial charge in [-0.1, -0.05) is 24.3 Å². The minimum atomic E-state index is -0.565. The van der Waals surface area contributed by atoms with Crippen LogP contribution in [0.3, 0.4) is 0 Å². The monoisotopic (exact) mass is 258 g/mol. The van der Waals surface area contributed by atoms with Crippen LogP contribution in [0, 0.1) is 0 Å². The zero-order valence-electron chi connectivity index (χ0n) is 10.9. The quantitative estimate of drug-likeness (QED) is 0.810. The van der Waals surface area contributed by atoms with E-state index >= 15 is 0 Å². The second-order valence-corrected chi connectivity index (χ2v) is 4.55. The number of carbonyl (C=O) groups is 1. The zero-order valence-corrected chi connectivity index (χ0v) is 10.9. The van der Waals surface area contributed by atoms with Gasteiger partial charge in [-0.2, -0.15) is 0 Å². The Morgan fingerprint density at radius 3 is 2.95 bits per heavy atom. The lowest BCUT2D eigenvalue weighted by Crippen LogP contribution is -2.41. The highest BCUT2D eigenvalue weighted by Gasteiger charge is 2.17. The fourth-order valence-electron chi connectivity index (χ4n) is 1.89. The van der Waals surface area contributed by atoms with Gasteiger partial charge in [-0.15, -0.1) is 6.58 Å². The fourth-order valence-corrected chi connectivity index (χ4v) is 1.89. The van der Waals surface area contributed by atoms with Crippen molar-refractivity contribution in [3.63, 3.8) is 0 Å². The number of para-hydroxylation sites is 1. The van der Waals surface area contributed by atoms with Crippen molar-refractivity contribution in [2.45, 2.75) is 25.4 Å². The number of hydrogen-bond acceptors (Lipinski definition) is 3. The summed E-state index contributed by atoms with van der Waals surface area (Å²) in [6.45, 7) is 5.44. The minimum Gasteiger partial charge on any atom is -0.459 e. The molecule has 1 amide bonds. The highest BCUT2D eigenvalue weighted by Crippen LogP contribution is 2.23. The van der Waals surface area contributed by atoms with Crippen LogP contribution in [0.25, 0.3) is 11.0 Å². The van der Waals surface area contributed by atoms with Crippen LogP contribution in [0.1, 0.15) is 25.1 Å². The van der Waals surface area contributed by atoms with Crippen LogP contribution in [-0.4, -0.2) is 11.9 Å². The van der Waals surface area contributed by atoms with Crippen LogP contribution >= 0.6 is 0 Å². The summed E-state index contributed by atoms with van der Waals surface area (Å²) < 4.78 is 5.69. The maximum absolute atomic E-state index is 11.8. The second kappa shape index (κ2) is 5.71. The lowest BCUT2D eigenvalue weighted by atomic mass is 10.1. The summed E-state index contributed by atoms with van der Waals surface area (Å²) in [6, 6.07) is 8.89. The molecule has 2 rings (SSSR count). The van der Waals surface area contributed by atoms with Gasteiger partial charge in [-0.25, -0.2) is 0 Å². The summed E-state index contributed by atoms with van der Waals surface area (Å²) in [5.41, 5.74) is 6.53. The second-order valence-electron chi connectivity index (χ2n) is 4.55. The predicted octanol–water partition coefficient (Wildman–Crippen LogP) is 2.51. The van der Waals surface area contributed by atoms with Crippen molar-refractivity contribution in [3.8, 4) is 0 Å². The maximum atomic E-state index is 11.8. The Labute approximate surface area is 112 Å². The van der Waals surface area contributed by atoms with Crippen LogP contribution < -0.4 is 11.1 Å². The predicted molar refractivity (Wildman–Crippen MR) is 75.6 cm³/mol. The molecular weight excluding hydrogens is 240 g/mol. The van der Waals surface area contributed by atoms with Gasteiger partial charge in [-0.05, 0) is 25.5 Å². The molecule has 0 bridgehead atoms. The third-order valence-corrected chi connectivity index (χ3v) is 2.99. The van der Waals surface area contributed by atoms with E-state index in [1.165, 1.54) is 0 Å². The van der Waals surface area contributed by atoms with Gasteiger partial charge in [0.1, 0.15) is 11.3 Å². The van der Waals surface area contributed by atoms with Gasteiger partial charge < -0.3 is 15.5 Å². The lowest BCUT2D eigenvalue weighted by molar-refractivity contribution is -0.123. The third kappa shape index (κ3) is 3.03. The number of hydrogen-bond donors (Lipinski definition) is 2. The molecule has 2 atom stereocenters. The van der Waals surface area contributed by atoms with Crippen molar-refractivity contribution in [3.05, 3.63) is 48.7 Å². The summed E-state index contributed by atoms with van der Waals surface area (Å²) in [7, 11) is 0.